The second-order valence-corrected chi connectivity index (χ2v) is 10.1. The number of carbonyl (C=O) groups excluding carboxylic acids is 1. The first kappa shape index (κ1) is 32.8. The van der Waals surface area contributed by atoms with Crippen molar-refractivity contribution in [3.05, 3.63) is 0 Å². The molecule has 1 aliphatic heterocycles. The normalized spacial score (nSPS) is 25.9. The Labute approximate surface area is 216 Å². The van der Waals surface area contributed by atoms with Gasteiger partial charge in [-0.05, 0) is 26.2 Å². The Morgan fingerprint density at radius 3 is 1.83 bits per heavy atom. The number of carboxylic acid groups (broad SMARTS) is 1. The highest BCUT2D eigenvalue weighted by molar-refractivity contribution is 5.72. The Morgan fingerprint density at radius 1 is 0.750 bits per heavy atom. The van der Waals surface area contributed by atoms with Gasteiger partial charge in [0.25, 0.3) is 0 Å². The lowest BCUT2D eigenvalue weighted by Crippen LogP contribution is -2.58. The lowest BCUT2D eigenvalue weighted by Gasteiger charge is -2.40. The fourth-order valence-corrected chi connectivity index (χ4v) is 4.48. The van der Waals surface area contributed by atoms with E-state index in [1.54, 1.807) is 6.92 Å². The van der Waals surface area contributed by atoms with Crippen LogP contribution in [0, 0.1) is 0 Å². The Bertz CT molecular complexity index is 600. The van der Waals surface area contributed by atoms with Gasteiger partial charge in [-0.25, -0.2) is 0 Å². The number of aliphatic carboxylic acids is 1. The highest BCUT2D eigenvalue weighted by Gasteiger charge is 2.43. The third kappa shape index (κ3) is 13.3. The number of ether oxygens (including phenoxy) is 3. The maximum atomic E-state index is 12.8. The van der Waals surface area contributed by atoms with Gasteiger partial charge < -0.3 is 34.6 Å². The van der Waals surface area contributed by atoms with E-state index in [2.05, 4.69) is 13.8 Å². The molecule has 0 saturated carbocycles. The first-order valence-corrected chi connectivity index (χ1v) is 14.0. The third-order valence-electron chi connectivity index (χ3n) is 6.74. The second-order valence-electron chi connectivity index (χ2n) is 10.1. The molecule has 0 aromatic carbocycles. The summed E-state index contributed by atoms with van der Waals surface area (Å²) in [6, 6.07) is 0. The number of carbonyl (C=O) groups is 2. The van der Waals surface area contributed by atoms with E-state index in [-0.39, 0.29) is 12.8 Å². The maximum Gasteiger partial charge on any atom is 0.308 e. The van der Waals surface area contributed by atoms with Crippen LogP contribution in [-0.4, -0.2) is 75.3 Å². The van der Waals surface area contributed by atoms with Gasteiger partial charge in [0, 0.05) is 0 Å². The van der Waals surface area contributed by atoms with Crippen LogP contribution in [-0.2, 0) is 23.8 Å². The molecular weight excluding hydrogens is 468 g/mol. The smallest absolute Gasteiger partial charge is 0.308 e. The number of hydrogen-bond donors (Lipinski definition) is 4. The number of rotatable bonds is 20. The zero-order valence-corrected chi connectivity index (χ0v) is 22.5. The molecule has 9 heteroatoms. The number of carboxylic acids is 1. The van der Waals surface area contributed by atoms with E-state index >= 15 is 0 Å². The Balaban J connectivity index is 2.71. The average Bonchev–Trinajstić information content (AvgIpc) is 2.82. The molecule has 9 nitrogen and oxygen atoms in total. The molecule has 1 rings (SSSR count). The fraction of sp³-hybridized carbons (Fsp3) is 0.926. The molecule has 0 aromatic rings. The van der Waals surface area contributed by atoms with E-state index in [4.69, 9.17) is 14.2 Å². The molecule has 212 valence electrons. The van der Waals surface area contributed by atoms with Crippen LogP contribution in [0.4, 0.5) is 0 Å². The van der Waals surface area contributed by atoms with Gasteiger partial charge in [-0.15, -0.1) is 0 Å². The van der Waals surface area contributed by atoms with Crippen molar-refractivity contribution in [1.29, 1.82) is 0 Å². The van der Waals surface area contributed by atoms with Gasteiger partial charge in [0.15, 0.2) is 6.29 Å². The minimum absolute atomic E-state index is 0.111. The predicted octanol–water partition coefficient (Wildman–Crippen LogP) is 4.09. The Morgan fingerprint density at radius 2 is 1.28 bits per heavy atom. The van der Waals surface area contributed by atoms with Gasteiger partial charge in [-0.1, -0.05) is 78.1 Å². The third-order valence-corrected chi connectivity index (χ3v) is 6.74. The minimum Gasteiger partial charge on any atom is -0.481 e. The van der Waals surface area contributed by atoms with Crippen molar-refractivity contribution < 1.29 is 44.2 Å². The van der Waals surface area contributed by atoms with Gasteiger partial charge in [-0.2, -0.15) is 0 Å². The Hall–Kier alpha value is -1.26. The number of aliphatic hydroxyl groups is 3. The molecule has 0 bridgehead atoms. The van der Waals surface area contributed by atoms with E-state index in [1.165, 1.54) is 6.42 Å². The molecule has 4 N–H and O–H groups in total. The number of aliphatic hydroxyl groups excluding tert-OH is 3. The number of esters is 1. The lowest BCUT2D eigenvalue weighted by atomic mass is 9.99. The lowest BCUT2D eigenvalue weighted by molar-refractivity contribution is -0.304. The molecule has 2 unspecified atom stereocenters. The summed E-state index contributed by atoms with van der Waals surface area (Å²) >= 11 is 0. The van der Waals surface area contributed by atoms with Crippen LogP contribution in [0.3, 0.4) is 0 Å². The SMILES string of the molecule is CCCCCCCCC(CC(=O)OC(CCCCCCC)CC(=O)O)O[C@@H]1O[C@@H](C)[C@H](O)[C@@H](O)[C@H]1O. The van der Waals surface area contributed by atoms with Crippen molar-refractivity contribution in [3.63, 3.8) is 0 Å². The molecular formula is C27H50O9. The molecule has 36 heavy (non-hydrogen) atoms. The molecule has 1 aliphatic rings. The maximum absolute atomic E-state index is 12.8. The molecule has 0 spiro atoms. The van der Waals surface area contributed by atoms with Gasteiger partial charge >= 0.3 is 11.9 Å². The zero-order chi connectivity index (χ0) is 26.9. The number of unbranched alkanes of at least 4 members (excludes halogenated alkanes) is 9. The molecule has 0 radical (unpaired) electrons. The average molecular weight is 519 g/mol. The first-order valence-electron chi connectivity index (χ1n) is 14.0. The van der Waals surface area contributed by atoms with Gasteiger partial charge in [0.05, 0.1) is 25.0 Å². The van der Waals surface area contributed by atoms with E-state index in [0.717, 1.165) is 64.2 Å². The summed E-state index contributed by atoms with van der Waals surface area (Å²) in [5, 5.41) is 39.6. The predicted molar refractivity (Wildman–Crippen MR) is 135 cm³/mol. The molecule has 1 fully saturated rings. The summed E-state index contributed by atoms with van der Waals surface area (Å²) in [6.07, 6.45) is 4.69. The molecule has 0 amide bonds. The van der Waals surface area contributed by atoms with Crippen LogP contribution >= 0.6 is 0 Å². The molecule has 7 atom stereocenters. The van der Waals surface area contributed by atoms with Crippen molar-refractivity contribution in [3.8, 4) is 0 Å². The first-order chi connectivity index (χ1) is 17.2. The summed E-state index contributed by atoms with van der Waals surface area (Å²) in [5.74, 6) is -1.56. The zero-order valence-electron chi connectivity index (χ0n) is 22.5. The van der Waals surface area contributed by atoms with Crippen LogP contribution in [0.25, 0.3) is 0 Å². The standard InChI is InChI=1S/C27H50O9/c1-4-6-8-10-12-14-16-21(36-27-26(33)25(32)24(31)19(3)34-27)18-23(30)35-20(17-22(28)29)15-13-11-9-7-5-2/h19-21,24-27,31-33H,4-18H2,1-3H3,(H,28,29)/t19-,20?,21?,24-,25+,26+,27-/m0/s1. The molecule has 1 saturated heterocycles. The largest absolute Gasteiger partial charge is 0.481 e. The molecule has 0 aliphatic carbocycles. The van der Waals surface area contributed by atoms with E-state index < -0.39 is 54.9 Å². The fourth-order valence-electron chi connectivity index (χ4n) is 4.48. The quantitative estimate of drug-likeness (QED) is 0.138. The van der Waals surface area contributed by atoms with Crippen molar-refractivity contribution in [2.24, 2.45) is 0 Å². The number of hydrogen-bond acceptors (Lipinski definition) is 8. The summed E-state index contributed by atoms with van der Waals surface area (Å²) < 4.78 is 17.0. The van der Waals surface area contributed by atoms with Gasteiger partial charge in [-0.3, -0.25) is 9.59 Å². The highest BCUT2D eigenvalue weighted by Crippen LogP contribution is 2.25. The topological polar surface area (TPSA) is 143 Å². The summed E-state index contributed by atoms with van der Waals surface area (Å²) in [6.45, 7) is 5.85. The van der Waals surface area contributed by atoms with E-state index in [1.807, 2.05) is 0 Å². The highest BCUT2D eigenvalue weighted by atomic mass is 16.7. The van der Waals surface area contributed by atoms with Crippen LogP contribution in [0.2, 0.25) is 0 Å². The van der Waals surface area contributed by atoms with Gasteiger partial charge in [0.1, 0.15) is 24.4 Å². The van der Waals surface area contributed by atoms with Gasteiger partial charge in [0.2, 0.25) is 0 Å². The van der Waals surface area contributed by atoms with Crippen molar-refractivity contribution in [2.75, 3.05) is 0 Å². The van der Waals surface area contributed by atoms with Crippen LogP contribution in [0.5, 0.6) is 0 Å². The van der Waals surface area contributed by atoms with Crippen LogP contribution < -0.4 is 0 Å². The molecule has 1 heterocycles. The van der Waals surface area contributed by atoms with Crippen molar-refractivity contribution in [2.45, 2.75) is 160 Å². The summed E-state index contributed by atoms with van der Waals surface area (Å²) in [7, 11) is 0. The second kappa shape index (κ2) is 18.9. The van der Waals surface area contributed by atoms with E-state index in [0.29, 0.717) is 12.8 Å². The van der Waals surface area contributed by atoms with E-state index in [9.17, 15) is 30.0 Å². The Kier molecular flexibility index (Phi) is 17.2. The summed E-state index contributed by atoms with van der Waals surface area (Å²) in [5.41, 5.74) is 0. The van der Waals surface area contributed by atoms with Crippen molar-refractivity contribution >= 4 is 11.9 Å². The molecule has 0 aromatic heterocycles. The van der Waals surface area contributed by atoms with Crippen molar-refractivity contribution in [1.82, 2.24) is 0 Å². The summed E-state index contributed by atoms with van der Waals surface area (Å²) in [4.78, 5) is 24.1. The monoisotopic (exact) mass is 518 g/mol. The van der Waals surface area contributed by atoms with Crippen LogP contribution in [0.1, 0.15) is 117 Å². The van der Waals surface area contributed by atoms with Crippen LogP contribution in [0.15, 0.2) is 0 Å². The minimum atomic E-state index is -1.46.